The first kappa shape index (κ1) is 18.9. The highest BCUT2D eigenvalue weighted by Gasteiger charge is 2.49. The first-order valence-corrected chi connectivity index (χ1v) is 9.61. The third kappa shape index (κ3) is 3.09. The van der Waals surface area contributed by atoms with Crippen molar-refractivity contribution < 1.29 is 13.2 Å². The summed E-state index contributed by atoms with van der Waals surface area (Å²) in [6.07, 6.45) is 5.03. The normalized spacial score (nSPS) is 19.2. The number of benzene rings is 1. The van der Waals surface area contributed by atoms with Crippen LogP contribution in [0.15, 0.2) is 36.8 Å². The number of imidazole rings is 1. The summed E-state index contributed by atoms with van der Waals surface area (Å²) >= 11 is 0. The van der Waals surface area contributed by atoms with Gasteiger partial charge in [-0.25, -0.2) is 18.2 Å². The Bertz CT molecular complexity index is 1250. The van der Waals surface area contributed by atoms with E-state index in [1.807, 2.05) is 6.92 Å². The van der Waals surface area contributed by atoms with Crippen LogP contribution in [0.5, 0.6) is 0 Å². The van der Waals surface area contributed by atoms with Crippen molar-refractivity contribution in [1.82, 2.24) is 29.4 Å². The van der Waals surface area contributed by atoms with Crippen molar-refractivity contribution in [3.63, 3.8) is 0 Å². The zero-order chi connectivity index (χ0) is 21.0. The quantitative estimate of drug-likeness (QED) is 0.515. The SMILES string of the molecule is Cc1cnc(Cc2nc3cnc4ccc(F)cc4c3n2C2CN(C)CC2(F)F)cn1. The molecule has 0 aliphatic carbocycles. The van der Waals surface area contributed by atoms with Crippen LogP contribution in [0.25, 0.3) is 21.9 Å². The van der Waals surface area contributed by atoms with E-state index in [0.717, 1.165) is 5.69 Å². The van der Waals surface area contributed by atoms with Crippen LogP contribution in [-0.4, -0.2) is 55.5 Å². The molecule has 1 aliphatic rings. The largest absolute Gasteiger partial charge is 0.316 e. The summed E-state index contributed by atoms with van der Waals surface area (Å²) in [4.78, 5) is 19.1. The van der Waals surface area contributed by atoms with Crippen molar-refractivity contribution in [3.05, 3.63) is 59.8 Å². The Morgan fingerprint density at radius 1 is 1.10 bits per heavy atom. The fourth-order valence-electron chi connectivity index (χ4n) is 4.16. The summed E-state index contributed by atoms with van der Waals surface area (Å²) in [5.41, 5.74) is 2.83. The molecule has 0 N–H and O–H groups in total. The second-order valence-corrected chi connectivity index (χ2v) is 7.85. The molecule has 30 heavy (non-hydrogen) atoms. The van der Waals surface area contributed by atoms with Gasteiger partial charge in [0.25, 0.3) is 5.92 Å². The highest BCUT2D eigenvalue weighted by Crippen LogP contribution is 2.40. The maximum Gasteiger partial charge on any atom is 0.282 e. The molecule has 0 radical (unpaired) electrons. The molecule has 0 bridgehead atoms. The number of likely N-dealkylation sites (tertiary alicyclic amines) is 1. The monoisotopic (exact) mass is 412 g/mol. The molecule has 0 saturated carbocycles. The van der Waals surface area contributed by atoms with Gasteiger partial charge in [-0.15, -0.1) is 0 Å². The summed E-state index contributed by atoms with van der Waals surface area (Å²) in [5, 5.41) is 0.464. The van der Waals surface area contributed by atoms with Crippen molar-refractivity contribution in [1.29, 1.82) is 0 Å². The topological polar surface area (TPSA) is 59.7 Å². The summed E-state index contributed by atoms with van der Waals surface area (Å²) in [6.45, 7) is 1.63. The minimum absolute atomic E-state index is 0.157. The molecular formula is C21H19F3N6. The third-order valence-electron chi connectivity index (χ3n) is 5.49. The summed E-state index contributed by atoms with van der Waals surface area (Å²) in [7, 11) is 1.66. The van der Waals surface area contributed by atoms with E-state index in [1.165, 1.54) is 12.1 Å². The molecule has 154 valence electrons. The van der Waals surface area contributed by atoms with E-state index in [1.54, 1.807) is 41.2 Å². The molecule has 1 unspecified atom stereocenters. The fraction of sp³-hybridized carbons (Fsp3) is 0.333. The van der Waals surface area contributed by atoms with Crippen LogP contribution in [-0.2, 0) is 6.42 Å². The van der Waals surface area contributed by atoms with Gasteiger partial charge in [-0.3, -0.25) is 19.9 Å². The van der Waals surface area contributed by atoms with E-state index in [2.05, 4.69) is 19.9 Å². The molecule has 1 aromatic carbocycles. The van der Waals surface area contributed by atoms with E-state index in [-0.39, 0.29) is 19.5 Å². The molecular weight excluding hydrogens is 393 g/mol. The average molecular weight is 412 g/mol. The van der Waals surface area contributed by atoms with Crippen molar-refractivity contribution in [2.24, 2.45) is 0 Å². The van der Waals surface area contributed by atoms with Gasteiger partial charge in [-0.05, 0) is 32.2 Å². The number of likely N-dealkylation sites (N-methyl/N-ethyl adjacent to an activating group) is 1. The maximum absolute atomic E-state index is 15.0. The van der Waals surface area contributed by atoms with Crippen molar-refractivity contribution >= 4 is 21.9 Å². The Balaban J connectivity index is 1.77. The molecule has 9 heteroatoms. The number of hydrogen-bond donors (Lipinski definition) is 0. The highest BCUT2D eigenvalue weighted by molar-refractivity contribution is 6.02. The number of hydrogen-bond acceptors (Lipinski definition) is 5. The maximum atomic E-state index is 15.0. The van der Waals surface area contributed by atoms with Crippen molar-refractivity contribution in [3.8, 4) is 0 Å². The number of nitrogens with zero attached hydrogens (tertiary/aromatic N) is 6. The third-order valence-corrected chi connectivity index (χ3v) is 5.49. The molecule has 4 aromatic rings. The number of alkyl halides is 2. The van der Waals surface area contributed by atoms with Crippen molar-refractivity contribution in [2.45, 2.75) is 25.3 Å². The molecule has 3 aromatic heterocycles. The van der Waals surface area contributed by atoms with E-state index in [0.29, 0.717) is 33.5 Å². The average Bonchev–Trinajstić information content (AvgIpc) is 3.18. The van der Waals surface area contributed by atoms with Gasteiger partial charge in [0.05, 0.1) is 35.2 Å². The van der Waals surface area contributed by atoms with E-state index < -0.39 is 17.8 Å². The fourth-order valence-corrected chi connectivity index (χ4v) is 4.16. The lowest BCUT2D eigenvalue weighted by Gasteiger charge is -2.22. The summed E-state index contributed by atoms with van der Waals surface area (Å²) < 4.78 is 45.6. The summed E-state index contributed by atoms with van der Waals surface area (Å²) in [6, 6.07) is 3.05. The lowest BCUT2D eigenvalue weighted by atomic mass is 10.1. The Labute approximate surface area is 170 Å². The van der Waals surface area contributed by atoms with Gasteiger partial charge in [-0.2, -0.15) is 0 Å². The molecule has 1 fully saturated rings. The smallest absolute Gasteiger partial charge is 0.282 e. The van der Waals surface area contributed by atoms with Gasteiger partial charge >= 0.3 is 0 Å². The number of pyridine rings is 1. The molecule has 5 rings (SSSR count). The van der Waals surface area contributed by atoms with Crippen LogP contribution >= 0.6 is 0 Å². The Kier molecular flexibility index (Phi) is 4.25. The first-order chi connectivity index (χ1) is 14.3. The molecule has 4 heterocycles. The van der Waals surface area contributed by atoms with Gasteiger partial charge in [0.2, 0.25) is 0 Å². The first-order valence-electron chi connectivity index (χ1n) is 9.61. The Hall–Kier alpha value is -3.07. The Morgan fingerprint density at radius 2 is 1.93 bits per heavy atom. The van der Waals surface area contributed by atoms with Crippen LogP contribution in [0, 0.1) is 12.7 Å². The number of aromatic nitrogens is 5. The zero-order valence-corrected chi connectivity index (χ0v) is 16.5. The molecule has 6 nitrogen and oxygen atoms in total. The van der Waals surface area contributed by atoms with Crippen LogP contribution < -0.4 is 0 Å². The second-order valence-electron chi connectivity index (χ2n) is 7.85. The number of halogens is 3. The van der Waals surface area contributed by atoms with Crippen LogP contribution in [0.4, 0.5) is 13.2 Å². The Morgan fingerprint density at radius 3 is 2.63 bits per heavy atom. The van der Waals surface area contributed by atoms with E-state index >= 15 is 0 Å². The predicted molar refractivity (Wildman–Crippen MR) is 106 cm³/mol. The number of fused-ring (bicyclic) bond motifs is 3. The number of rotatable bonds is 3. The molecule has 0 spiro atoms. The van der Waals surface area contributed by atoms with Gasteiger partial charge < -0.3 is 4.57 Å². The van der Waals surface area contributed by atoms with Gasteiger partial charge in [-0.1, -0.05) is 0 Å². The van der Waals surface area contributed by atoms with Crippen LogP contribution in [0.2, 0.25) is 0 Å². The van der Waals surface area contributed by atoms with Crippen molar-refractivity contribution in [2.75, 3.05) is 20.1 Å². The van der Waals surface area contributed by atoms with Gasteiger partial charge in [0.15, 0.2) is 0 Å². The van der Waals surface area contributed by atoms with Gasteiger partial charge in [0.1, 0.15) is 23.2 Å². The predicted octanol–water partition coefficient (Wildman–Crippen LogP) is 3.53. The molecule has 1 atom stereocenters. The highest BCUT2D eigenvalue weighted by atomic mass is 19.3. The summed E-state index contributed by atoms with van der Waals surface area (Å²) in [5.74, 6) is -2.98. The van der Waals surface area contributed by atoms with Crippen LogP contribution in [0.3, 0.4) is 0 Å². The lowest BCUT2D eigenvalue weighted by Crippen LogP contribution is -2.30. The molecule has 1 aliphatic heterocycles. The molecule has 1 saturated heterocycles. The van der Waals surface area contributed by atoms with E-state index in [9.17, 15) is 13.2 Å². The standard InChI is InChI=1S/C21H19F3N6/c1-12-7-26-14(8-25-12)6-19-28-17-9-27-16-4-3-13(22)5-15(16)20(17)30(19)18-10-29(2)11-21(18,23)24/h3-5,7-9,18H,6,10-11H2,1-2H3. The minimum Gasteiger partial charge on any atom is -0.316 e. The number of aryl methyl sites for hydroxylation is 1. The zero-order valence-electron chi connectivity index (χ0n) is 16.5. The van der Waals surface area contributed by atoms with Gasteiger partial charge in [0, 0.05) is 30.7 Å². The molecule has 0 amide bonds. The lowest BCUT2D eigenvalue weighted by molar-refractivity contribution is -0.0200. The minimum atomic E-state index is -2.96. The van der Waals surface area contributed by atoms with E-state index in [4.69, 9.17) is 0 Å². The second kappa shape index (κ2) is 6.73. The van der Waals surface area contributed by atoms with Crippen LogP contribution in [0.1, 0.15) is 23.3 Å².